The van der Waals surface area contributed by atoms with Crippen LogP contribution >= 0.6 is 0 Å². The van der Waals surface area contributed by atoms with Crippen molar-refractivity contribution in [2.75, 3.05) is 27.2 Å². The van der Waals surface area contributed by atoms with E-state index >= 15 is 0 Å². The Kier molecular flexibility index (Phi) is 4.32. The van der Waals surface area contributed by atoms with Crippen LogP contribution in [0.15, 0.2) is 21.9 Å². The van der Waals surface area contributed by atoms with E-state index in [1.165, 1.54) is 23.9 Å². The lowest BCUT2D eigenvalue weighted by Crippen LogP contribution is -2.41. The van der Waals surface area contributed by atoms with Crippen molar-refractivity contribution >= 4 is 5.91 Å². The van der Waals surface area contributed by atoms with Crippen molar-refractivity contribution in [3.8, 4) is 0 Å². The lowest BCUT2D eigenvalue weighted by Gasteiger charge is -2.22. The van der Waals surface area contributed by atoms with E-state index in [4.69, 9.17) is 0 Å². The van der Waals surface area contributed by atoms with E-state index < -0.39 is 5.69 Å². The van der Waals surface area contributed by atoms with Crippen molar-refractivity contribution in [2.45, 2.75) is 19.5 Å². The van der Waals surface area contributed by atoms with Gasteiger partial charge in [-0.1, -0.05) is 6.92 Å². The van der Waals surface area contributed by atoms with Gasteiger partial charge in [0.25, 0.3) is 5.56 Å². The zero-order valence-corrected chi connectivity index (χ0v) is 12.9. The molecule has 1 aromatic rings. The number of amides is 1. The van der Waals surface area contributed by atoms with Crippen LogP contribution in [0.2, 0.25) is 0 Å². The molecule has 2 unspecified atom stereocenters. The number of rotatable bonds is 3. The first kappa shape index (κ1) is 15.5. The quantitative estimate of drug-likeness (QED) is 0.714. The van der Waals surface area contributed by atoms with Crippen LogP contribution in [-0.4, -0.2) is 58.1 Å². The monoisotopic (exact) mass is 294 g/mol. The van der Waals surface area contributed by atoms with E-state index in [-0.39, 0.29) is 18.0 Å². The molecule has 2 rings (SSSR count). The number of aromatic nitrogens is 2. The molecule has 0 spiro atoms. The Morgan fingerprint density at radius 1 is 1.33 bits per heavy atom. The van der Waals surface area contributed by atoms with Crippen LogP contribution in [0.3, 0.4) is 0 Å². The van der Waals surface area contributed by atoms with Gasteiger partial charge in [-0.15, -0.1) is 0 Å². The Balaban J connectivity index is 2.12. The van der Waals surface area contributed by atoms with E-state index in [0.717, 1.165) is 4.57 Å². The number of hydrogen-bond acceptors (Lipinski definition) is 4. The summed E-state index contributed by atoms with van der Waals surface area (Å²) in [7, 11) is 5.42. The third-order valence-electron chi connectivity index (χ3n) is 4.15. The van der Waals surface area contributed by atoms with Gasteiger partial charge in [-0.3, -0.25) is 18.7 Å². The molecule has 7 nitrogen and oxygen atoms in total. The van der Waals surface area contributed by atoms with Gasteiger partial charge in [0.15, 0.2) is 0 Å². The van der Waals surface area contributed by atoms with E-state index in [2.05, 4.69) is 11.8 Å². The van der Waals surface area contributed by atoms with Gasteiger partial charge >= 0.3 is 5.69 Å². The second-order valence-corrected chi connectivity index (χ2v) is 5.93. The molecule has 0 aliphatic carbocycles. The number of carbonyl (C=O) groups excluding carboxylic acids is 1. The summed E-state index contributed by atoms with van der Waals surface area (Å²) in [5, 5.41) is 0. The van der Waals surface area contributed by atoms with Crippen molar-refractivity contribution in [3.05, 3.63) is 33.1 Å². The Labute approximate surface area is 123 Å². The molecule has 2 heterocycles. The van der Waals surface area contributed by atoms with Gasteiger partial charge in [0, 0.05) is 38.4 Å². The lowest BCUT2D eigenvalue weighted by molar-refractivity contribution is -0.131. The van der Waals surface area contributed by atoms with Crippen molar-refractivity contribution in [1.29, 1.82) is 0 Å². The predicted octanol–water partition coefficient (Wildman–Crippen LogP) is -1.04. The average Bonchev–Trinajstić information content (AvgIpc) is 2.82. The molecule has 116 valence electrons. The highest BCUT2D eigenvalue weighted by Crippen LogP contribution is 2.20. The zero-order chi connectivity index (χ0) is 15.7. The number of nitrogens with zero attached hydrogens (tertiary/aromatic N) is 4. The first-order valence-corrected chi connectivity index (χ1v) is 7.02. The zero-order valence-electron chi connectivity index (χ0n) is 12.9. The van der Waals surface area contributed by atoms with Crippen molar-refractivity contribution < 1.29 is 4.79 Å². The Morgan fingerprint density at radius 2 is 2.00 bits per heavy atom. The molecule has 0 N–H and O–H groups in total. The van der Waals surface area contributed by atoms with Crippen LogP contribution in [0.5, 0.6) is 0 Å². The van der Waals surface area contributed by atoms with E-state index in [1.54, 1.807) is 4.90 Å². The fraction of sp³-hybridized carbons (Fsp3) is 0.643. The van der Waals surface area contributed by atoms with Gasteiger partial charge in [0.05, 0.1) is 0 Å². The molecule has 1 fully saturated rings. The molecule has 0 bridgehead atoms. The van der Waals surface area contributed by atoms with Crippen LogP contribution in [-0.2, 0) is 18.4 Å². The molecular formula is C14H22N4O3. The highest BCUT2D eigenvalue weighted by atomic mass is 16.2. The van der Waals surface area contributed by atoms with Crippen molar-refractivity contribution in [3.63, 3.8) is 0 Å². The van der Waals surface area contributed by atoms with Gasteiger partial charge in [0.1, 0.15) is 6.54 Å². The molecule has 21 heavy (non-hydrogen) atoms. The number of likely N-dealkylation sites (N-methyl/N-ethyl adjacent to an activating group) is 1. The highest BCUT2D eigenvalue weighted by molar-refractivity contribution is 5.76. The first-order chi connectivity index (χ1) is 9.81. The Morgan fingerprint density at radius 3 is 2.57 bits per heavy atom. The summed E-state index contributed by atoms with van der Waals surface area (Å²) >= 11 is 0. The summed E-state index contributed by atoms with van der Waals surface area (Å²) in [5.41, 5.74) is -0.835. The second-order valence-electron chi connectivity index (χ2n) is 5.93. The molecule has 2 atom stereocenters. The summed E-state index contributed by atoms with van der Waals surface area (Å²) in [6.07, 6.45) is 1.38. The minimum absolute atomic E-state index is 0.0280. The molecule has 0 saturated carbocycles. The number of likely N-dealkylation sites (tertiary alicyclic amines) is 1. The lowest BCUT2D eigenvalue weighted by atomic mass is 10.1. The third-order valence-corrected chi connectivity index (χ3v) is 4.15. The van der Waals surface area contributed by atoms with Crippen molar-refractivity contribution in [2.24, 2.45) is 13.0 Å². The topological polar surface area (TPSA) is 67.5 Å². The summed E-state index contributed by atoms with van der Waals surface area (Å²) in [6.45, 7) is 3.46. The molecule has 7 heteroatoms. The molecule has 1 saturated heterocycles. The van der Waals surface area contributed by atoms with E-state index in [1.807, 2.05) is 14.1 Å². The first-order valence-electron chi connectivity index (χ1n) is 7.02. The molecule has 1 aliphatic rings. The fourth-order valence-electron chi connectivity index (χ4n) is 2.81. The van der Waals surface area contributed by atoms with Gasteiger partial charge in [-0.25, -0.2) is 4.79 Å². The largest absolute Gasteiger partial charge is 0.339 e. The molecule has 1 aromatic heterocycles. The summed E-state index contributed by atoms with van der Waals surface area (Å²) in [6, 6.07) is 1.63. The molecule has 0 radical (unpaired) electrons. The maximum Gasteiger partial charge on any atom is 0.331 e. The van der Waals surface area contributed by atoms with E-state index in [0.29, 0.717) is 25.0 Å². The average molecular weight is 294 g/mol. The molecule has 0 aromatic carbocycles. The van der Waals surface area contributed by atoms with Crippen molar-refractivity contribution in [1.82, 2.24) is 18.9 Å². The SMILES string of the molecule is CC1CN(C(=O)Cn2ccc(=O)n(C)c2=O)CC1N(C)C. The second kappa shape index (κ2) is 5.85. The molecule has 1 amide bonds. The van der Waals surface area contributed by atoms with Crippen LogP contribution in [0, 0.1) is 5.92 Å². The normalized spacial score (nSPS) is 22.0. The third kappa shape index (κ3) is 3.07. The molecular weight excluding hydrogens is 272 g/mol. The van der Waals surface area contributed by atoms with Gasteiger partial charge in [-0.05, 0) is 20.0 Å². The summed E-state index contributed by atoms with van der Waals surface area (Å²) < 4.78 is 2.28. The molecule has 1 aliphatic heterocycles. The number of carbonyl (C=O) groups is 1. The smallest absolute Gasteiger partial charge is 0.331 e. The number of hydrogen-bond donors (Lipinski definition) is 0. The highest BCUT2D eigenvalue weighted by Gasteiger charge is 2.33. The van der Waals surface area contributed by atoms with Gasteiger partial charge < -0.3 is 9.80 Å². The van der Waals surface area contributed by atoms with E-state index in [9.17, 15) is 14.4 Å². The van der Waals surface area contributed by atoms with Crippen LogP contribution in [0.25, 0.3) is 0 Å². The maximum absolute atomic E-state index is 12.3. The fourth-order valence-corrected chi connectivity index (χ4v) is 2.81. The summed E-state index contributed by atoms with van der Waals surface area (Å²) in [4.78, 5) is 39.5. The van der Waals surface area contributed by atoms with Crippen LogP contribution < -0.4 is 11.2 Å². The minimum atomic E-state index is -0.466. The van der Waals surface area contributed by atoms with Crippen LogP contribution in [0.4, 0.5) is 0 Å². The standard InChI is InChI=1S/C14H22N4O3/c1-10-7-18(8-11(10)15(2)3)13(20)9-17-6-5-12(19)16(4)14(17)21/h5-6,10-11H,7-9H2,1-4H3. The predicted molar refractivity (Wildman–Crippen MR) is 79.2 cm³/mol. The van der Waals surface area contributed by atoms with Crippen LogP contribution in [0.1, 0.15) is 6.92 Å². The minimum Gasteiger partial charge on any atom is -0.339 e. The Hall–Kier alpha value is -1.89. The maximum atomic E-state index is 12.3. The van der Waals surface area contributed by atoms with Gasteiger partial charge in [-0.2, -0.15) is 0 Å². The Bertz CT molecular complexity index is 646. The summed E-state index contributed by atoms with van der Waals surface area (Å²) in [5.74, 6) is 0.313. The van der Waals surface area contributed by atoms with Gasteiger partial charge in [0.2, 0.25) is 5.91 Å².